The van der Waals surface area contributed by atoms with Crippen molar-refractivity contribution in [3.8, 4) is 5.75 Å². The zero-order valence-electron chi connectivity index (χ0n) is 7.18. The van der Waals surface area contributed by atoms with Crippen LogP contribution >= 0.6 is 22.6 Å². The standard InChI is InChI=1S/C7H6F3IN2O2/c8-7(9,10)15-6-4(2-14)13-1-3(11)5(6)12/h1,14H,2H2,(H2,12,13). The first-order chi connectivity index (χ1) is 6.85. The number of aliphatic hydroxyl groups excluding tert-OH is 1. The number of hydrogen-bond donors (Lipinski definition) is 2. The minimum absolute atomic E-state index is 0.188. The van der Waals surface area contributed by atoms with Gasteiger partial charge in [-0.15, -0.1) is 13.2 Å². The highest BCUT2D eigenvalue weighted by atomic mass is 127. The normalized spacial score (nSPS) is 11.5. The molecule has 0 aliphatic carbocycles. The Morgan fingerprint density at radius 3 is 2.60 bits per heavy atom. The first-order valence-electron chi connectivity index (χ1n) is 3.64. The Morgan fingerprint density at radius 1 is 1.53 bits per heavy atom. The molecule has 0 bridgehead atoms. The second-order valence-electron chi connectivity index (χ2n) is 2.50. The molecule has 0 fully saturated rings. The Balaban J connectivity index is 3.18. The van der Waals surface area contributed by atoms with Gasteiger partial charge in [0.25, 0.3) is 0 Å². The second-order valence-corrected chi connectivity index (χ2v) is 3.66. The summed E-state index contributed by atoms with van der Waals surface area (Å²) in [7, 11) is 0. The largest absolute Gasteiger partial charge is 0.573 e. The third-order valence-corrected chi connectivity index (χ3v) is 2.32. The number of aliphatic hydroxyl groups is 1. The number of pyridine rings is 1. The predicted octanol–water partition coefficient (Wildman–Crippen LogP) is 1.66. The molecule has 0 radical (unpaired) electrons. The van der Waals surface area contributed by atoms with Gasteiger partial charge >= 0.3 is 6.36 Å². The molecule has 0 spiro atoms. The van der Waals surface area contributed by atoms with Gasteiger partial charge in [-0.05, 0) is 22.6 Å². The number of anilines is 1. The summed E-state index contributed by atoms with van der Waals surface area (Å²) >= 11 is 1.72. The lowest BCUT2D eigenvalue weighted by Gasteiger charge is -2.14. The topological polar surface area (TPSA) is 68.4 Å². The highest BCUT2D eigenvalue weighted by Gasteiger charge is 2.33. The van der Waals surface area contributed by atoms with Gasteiger partial charge in [0.1, 0.15) is 5.69 Å². The summed E-state index contributed by atoms with van der Waals surface area (Å²) in [6, 6.07) is 0. The number of ether oxygens (including phenoxy) is 1. The van der Waals surface area contributed by atoms with Crippen LogP contribution in [0.2, 0.25) is 0 Å². The van der Waals surface area contributed by atoms with Crippen molar-refractivity contribution >= 4 is 28.3 Å². The fourth-order valence-electron chi connectivity index (χ4n) is 0.869. The van der Waals surface area contributed by atoms with E-state index in [-0.39, 0.29) is 11.4 Å². The van der Waals surface area contributed by atoms with Crippen molar-refractivity contribution in [3.05, 3.63) is 15.5 Å². The maximum Gasteiger partial charge on any atom is 0.573 e. The third-order valence-electron chi connectivity index (χ3n) is 1.47. The molecular weight excluding hydrogens is 328 g/mol. The first-order valence-corrected chi connectivity index (χ1v) is 4.72. The van der Waals surface area contributed by atoms with Gasteiger partial charge in [0.05, 0.1) is 15.9 Å². The summed E-state index contributed by atoms with van der Waals surface area (Å²) in [6.45, 7) is -0.674. The maximum absolute atomic E-state index is 12.0. The number of nitrogen functional groups attached to an aromatic ring is 1. The molecule has 84 valence electrons. The van der Waals surface area contributed by atoms with E-state index in [4.69, 9.17) is 10.8 Å². The number of rotatable bonds is 2. The first kappa shape index (κ1) is 12.3. The molecule has 0 aromatic carbocycles. The van der Waals surface area contributed by atoms with Gasteiger partial charge in [0.2, 0.25) is 0 Å². The van der Waals surface area contributed by atoms with Crippen LogP contribution in [-0.2, 0) is 6.61 Å². The van der Waals surface area contributed by atoms with Crippen LogP contribution < -0.4 is 10.5 Å². The van der Waals surface area contributed by atoms with E-state index in [2.05, 4.69) is 9.72 Å². The molecular formula is C7H6F3IN2O2. The van der Waals surface area contributed by atoms with E-state index in [0.717, 1.165) is 0 Å². The minimum Gasteiger partial charge on any atom is -0.401 e. The Bertz CT molecular complexity index is 370. The number of aromatic nitrogens is 1. The summed E-state index contributed by atoms with van der Waals surface area (Å²) in [4.78, 5) is 3.58. The van der Waals surface area contributed by atoms with Crippen molar-refractivity contribution in [3.63, 3.8) is 0 Å². The molecule has 0 aliphatic rings. The Hall–Kier alpha value is -0.770. The Labute approximate surface area is 96.4 Å². The third kappa shape index (κ3) is 3.09. The SMILES string of the molecule is Nc1c(I)cnc(CO)c1OC(F)(F)F. The Kier molecular flexibility index (Phi) is 3.60. The van der Waals surface area contributed by atoms with Crippen molar-refractivity contribution in [2.45, 2.75) is 13.0 Å². The summed E-state index contributed by atoms with van der Waals surface area (Å²) < 4.78 is 39.9. The van der Waals surface area contributed by atoms with Crippen molar-refractivity contribution in [1.29, 1.82) is 0 Å². The van der Waals surface area contributed by atoms with Crippen LogP contribution in [0.25, 0.3) is 0 Å². The minimum atomic E-state index is -4.86. The fraction of sp³-hybridized carbons (Fsp3) is 0.286. The molecule has 0 atom stereocenters. The van der Waals surface area contributed by atoms with Gasteiger partial charge in [-0.2, -0.15) is 0 Å². The lowest BCUT2D eigenvalue weighted by molar-refractivity contribution is -0.274. The van der Waals surface area contributed by atoms with Crippen molar-refractivity contribution in [2.75, 3.05) is 5.73 Å². The monoisotopic (exact) mass is 334 g/mol. The summed E-state index contributed by atoms with van der Waals surface area (Å²) in [5.74, 6) is -0.642. The van der Waals surface area contributed by atoms with Gasteiger partial charge in [0, 0.05) is 6.20 Å². The van der Waals surface area contributed by atoms with Crippen molar-refractivity contribution in [2.24, 2.45) is 0 Å². The van der Waals surface area contributed by atoms with Crippen LogP contribution in [-0.4, -0.2) is 16.5 Å². The molecule has 3 N–H and O–H groups in total. The Morgan fingerprint density at radius 2 is 2.13 bits per heavy atom. The quantitative estimate of drug-likeness (QED) is 0.808. The number of halogens is 4. The molecule has 1 heterocycles. The highest BCUT2D eigenvalue weighted by Crippen LogP contribution is 2.33. The molecule has 0 aliphatic heterocycles. The summed E-state index contributed by atoms with van der Waals surface area (Å²) in [6.07, 6.45) is -3.60. The van der Waals surface area contributed by atoms with Crippen LogP contribution in [0.1, 0.15) is 5.69 Å². The maximum atomic E-state index is 12.0. The lowest BCUT2D eigenvalue weighted by Crippen LogP contribution is -2.20. The smallest absolute Gasteiger partial charge is 0.401 e. The van der Waals surface area contributed by atoms with Crippen LogP contribution in [0, 0.1) is 3.57 Å². The van der Waals surface area contributed by atoms with Gasteiger partial charge in [-0.3, -0.25) is 4.98 Å². The van der Waals surface area contributed by atoms with Gasteiger partial charge in [0.15, 0.2) is 5.75 Å². The molecule has 0 unspecified atom stereocenters. The molecule has 0 amide bonds. The van der Waals surface area contributed by atoms with Gasteiger partial charge in [-0.1, -0.05) is 0 Å². The molecule has 0 saturated heterocycles. The fourth-order valence-corrected chi connectivity index (χ4v) is 1.25. The molecule has 0 saturated carbocycles. The molecule has 8 heteroatoms. The van der Waals surface area contributed by atoms with Crippen molar-refractivity contribution in [1.82, 2.24) is 4.98 Å². The number of alkyl halides is 3. The number of nitrogens with two attached hydrogens (primary N) is 1. The summed E-state index contributed by atoms with van der Waals surface area (Å²) in [5, 5.41) is 8.76. The van der Waals surface area contributed by atoms with Crippen LogP contribution in [0.5, 0.6) is 5.75 Å². The van der Waals surface area contributed by atoms with Gasteiger partial charge < -0.3 is 15.6 Å². The van der Waals surface area contributed by atoms with Crippen LogP contribution in [0.4, 0.5) is 18.9 Å². The second kappa shape index (κ2) is 4.39. The number of nitrogens with zero attached hydrogens (tertiary/aromatic N) is 1. The van der Waals surface area contributed by atoms with Gasteiger partial charge in [-0.25, -0.2) is 0 Å². The summed E-state index contributed by atoms with van der Waals surface area (Å²) in [5.41, 5.74) is 4.95. The van der Waals surface area contributed by atoms with E-state index in [0.29, 0.717) is 3.57 Å². The zero-order chi connectivity index (χ0) is 11.6. The zero-order valence-corrected chi connectivity index (χ0v) is 9.33. The average Bonchev–Trinajstić information content (AvgIpc) is 2.11. The highest BCUT2D eigenvalue weighted by molar-refractivity contribution is 14.1. The molecule has 4 nitrogen and oxygen atoms in total. The number of hydrogen-bond acceptors (Lipinski definition) is 4. The van der Waals surface area contributed by atoms with E-state index in [9.17, 15) is 13.2 Å². The average molecular weight is 334 g/mol. The molecule has 1 aromatic heterocycles. The molecule has 15 heavy (non-hydrogen) atoms. The van der Waals surface area contributed by atoms with E-state index in [1.54, 1.807) is 22.6 Å². The van der Waals surface area contributed by atoms with Crippen LogP contribution in [0.15, 0.2) is 6.20 Å². The van der Waals surface area contributed by atoms with Crippen LogP contribution in [0.3, 0.4) is 0 Å². The van der Waals surface area contributed by atoms with E-state index < -0.39 is 18.7 Å². The van der Waals surface area contributed by atoms with Crippen molar-refractivity contribution < 1.29 is 23.0 Å². The molecule has 1 rings (SSSR count). The molecule has 1 aromatic rings. The van der Waals surface area contributed by atoms with E-state index in [1.807, 2.05) is 0 Å². The predicted molar refractivity (Wildman–Crippen MR) is 54.0 cm³/mol. The van der Waals surface area contributed by atoms with E-state index in [1.165, 1.54) is 6.20 Å². The van der Waals surface area contributed by atoms with E-state index >= 15 is 0 Å². The lowest BCUT2D eigenvalue weighted by atomic mass is 10.3.